The molecule has 6 rings (SSSR count). The molecule has 2 aromatic heterocycles. The zero-order valence-electron chi connectivity index (χ0n) is 19.1. The van der Waals surface area contributed by atoms with Gasteiger partial charge in [0.2, 0.25) is 0 Å². The fourth-order valence-corrected chi connectivity index (χ4v) is 4.62. The van der Waals surface area contributed by atoms with E-state index in [-0.39, 0.29) is 34.5 Å². The Bertz CT molecular complexity index is 1740. The van der Waals surface area contributed by atoms with E-state index in [2.05, 4.69) is 0 Å². The second-order valence-electron chi connectivity index (χ2n) is 8.67. The fraction of sp³-hybridized carbons (Fsp3) is 0.0690. The first-order valence-electron chi connectivity index (χ1n) is 11.4. The molecular weight excluding hydrogens is 476 g/mol. The quantitative estimate of drug-likeness (QED) is 0.245. The molecule has 0 unspecified atom stereocenters. The zero-order valence-corrected chi connectivity index (χ0v) is 19.1. The number of aromatic hydroxyl groups is 1. The summed E-state index contributed by atoms with van der Waals surface area (Å²) in [5.74, 6) is -1.27. The number of carbonyl (C=O) groups excluding carboxylic acids is 1. The summed E-state index contributed by atoms with van der Waals surface area (Å²) in [6.45, 7) is 0. The second-order valence-corrected chi connectivity index (χ2v) is 8.67. The van der Waals surface area contributed by atoms with Crippen molar-refractivity contribution in [3.8, 4) is 34.1 Å². The molecule has 3 aromatic carbocycles. The first-order chi connectivity index (χ1) is 17.9. The monoisotopic (exact) mass is 494 g/mol. The van der Waals surface area contributed by atoms with E-state index in [4.69, 9.17) is 18.7 Å². The van der Waals surface area contributed by atoms with Gasteiger partial charge in [-0.25, -0.2) is 4.79 Å². The number of furan rings is 1. The Kier molecular flexibility index (Phi) is 5.15. The molecule has 8 nitrogen and oxygen atoms in total. The lowest BCUT2D eigenvalue weighted by Gasteiger charge is -2.24. The van der Waals surface area contributed by atoms with E-state index in [0.717, 1.165) is 0 Å². The Labute approximate surface area is 209 Å². The Morgan fingerprint density at radius 1 is 0.838 bits per heavy atom. The van der Waals surface area contributed by atoms with Crippen LogP contribution in [0, 0.1) is 0 Å². The van der Waals surface area contributed by atoms with Crippen LogP contribution >= 0.6 is 0 Å². The predicted molar refractivity (Wildman–Crippen MR) is 133 cm³/mol. The summed E-state index contributed by atoms with van der Waals surface area (Å²) in [6.07, 6.45) is -0.0724. The third-order valence-electron chi connectivity index (χ3n) is 6.37. The smallest absolute Gasteiger partial charge is 0.335 e. The van der Waals surface area contributed by atoms with E-state index in [9.17, 15) is 19.5 Å². The number of fused-ring (bicyclic) bond motifs is 3. The summed E-state index contributed by atoms with van der Waals surface area (Å²) >= 11 is 0. The number of hydrogen-bond acceptors (Lipinski definition) is 7. The maximum Gasteiger partial charge on any atom is 0.335 e. The number of aromatic carboxylic acids is 1. The molecule has 0 aliphatic carbocycles. The van der Waals surface area contributed by atoms with Crippen LogP contribution in [0.15, 0.2) is 92.5 Å². The van der Waals surface area contributed by atoms with Crippen molar-refractivity contribution in [2.45, 2.75) is 12.3 Å². The van der Waals surface area contributed by atoms with E-state index in [1.165, 1.54) is 24.3 Å². The van der Waals surface area contributed by atoms with E-state index < -0.39 is 23.3 Å². The topological polar surface area (TPSA) is 127 Å². The number of ether oxygens (including phenoxy) is 1. The number of esters is 1. The number of phenolic OH excluding ortho intramolecular Hbond substituents is 1. The van der Waals surface area contributed by atoms with Crippen LogP contribution in [0.5, 0.6) is 11.5 Å². The summed E-state index contributed by atoms with van der Waals surface area (Å²) in [5.41, 5.74) is 1.58. The van der Waals surface area contributed by atoms with Crippen LogP contribution in [0.4, 0.5) is 0 Å². The standard InChI is InChI=1S/C29H18O8/c30-19-13-23(15-4-2-1-3-5-15)37-28-26-18(12-25(32)36-24(26)14-20(31)27(19)28)22-11-10-21(35-22)16-6-8-17(9-7-16)29(33)34/h1-11,13-14,18,31H,12H2,(H,33,34)/t18-/m0/s1. The van der Waals surface area contributed by atoms with Crippen molar-refractivity contribution in [2.24, 2.45) is 0 Å². The highest BCUT2D eigenvalue weighted by atomic mass is 16.5. The molecule has 2 N–H and O–H groups in total. The highest BCUT2D eigenvalue weighted by Gasteiger charge is 2.35. The molecule has 0 saturated carbocycles. The maximum absolute atomic E-state index is 13.1. The number of carboxylic acid groups (broad SMARTS) is 1. The molecule has 1 atom stereocenters. The van der Waals surface area contributed by atoms with Gasteiger partial charge in [0.1, 0.15) is 39.7 Å². The molecule has 0 bridgehead atoms. The Hall–Kier alpha value is -5.11. The molecule has 1 aliphatic heterocycles. The number of phenols is 1. The highest BCUT2D eigenvalue weighted by molar-refractivity contribution is 5.93. The molecule has 1 aliphatic rings. The maximum atomic E-state index is 13.1. The van der Waals surface area contributed by atoms with Crippen molar-refractivity contribution in [1.29, 1.82) is 0 Å². The SMILES string of the molecule is O=C1C[C@@H](c2ccc(-c3ccc(C(=O)O)cc3)o2)c2c(cc(O)c3c(=O)cc(-c4ccccc4)oc23)O1. The van der Waals surface area contributed by atoms with Crippen LogP contribution in [-0.4, -0.2) is 22.2 Å². The lowest BCUT2D eigenvalue weighted by atomic mass is 9.88. The molecule has 3 heterocycles. The van der Waals surface area contributed by atoms with Gasteiger partial charge in [-0.3, -0.25) is 9.59 Å². The van der Waals surface area contributed by atoms with Crippen LogP contribution < -0.4 is 10.2 Å². The number of benzene rings is 3. The lowest BCUT2D eigenvalue weighted by molar-refractivity contribution is -0.135. The number of carbonyl (C=O) groups is 2. The summed E-state index contributed by atoms with van der Waals surface area (Å²) in [6, 6.07) is 21.3. The van der Waals surface area contributed by atoms with Crippen LogP contribution in [0.25, 0.3) is 33.6 Å². The molecule has 0 amide bonds. The van der Waals surface area contributed by atoms with Gasteiger partial charge in [-0.1, -0.05) is 42.5 Å². The Morgan fingerprint density at radius 3 is 2.30 bits per heavy atom. The zero-order chi connectivity index (χ0) is 25.7. The predicted octanol–water partition coefficient (Wildman–Crippen LogP) is 5.56. The molecule has 182 valence electrons. The van der Waals surface area contributed by atoms with Crippen molar-refractivity contribution in [1.82, 2.24) is 0 Å². The summed E-state index contributed by atoms with van der Waals surface area (Å²) in [4.78, 5) is 36.7. The molecular formula is C29H18O8. The molecule has 0 fully saturated rings. The average Bonchev–Trinajstić information content (AvgIpc) is 3.38. The second kappa shape index (κ2) is 8.53. The van der Waals surface area contributed by atoms with Crippen LogP contribution in [0.1, 0.15) is 34.0 Å². The third kappa shape index (κ3) is 3.84. The number of carboxylic acids is 1. The number of rotatable bonds is 4. The van der Waals surface area contributed by atoms with Crippen molar-refractivity contribution in [3.63, 3.8) is 0 Å². The van der Waals surface area contributed by atoms with Gasteiger partial charge in [-0.2, -0.15) is 0 Å². The minimum atomic E-state index is -1.03. The molecule has 0 saturated heterocycles. The molecule has 0 radical (unpaired) electrons. The molecule has 0 spiro atoms. The normalized spacial score (nSPS) is 14.8. The van der Waals surface area contributed by atoms with Crippen molar-refractivity contribution >= 4 is 22.9 Å². The van der Waals surface area contributed by atoms with Gasteiger partial charge in [0, 0.05) is 28.8 Å². The van der Waals surface area contributed by atoms with Crippen molar-refractivity contribution in [3.05, 3.63) is 106 Å². The van der Waals surface area contributed by atoms with Gasteiger partial charge >= 0.3 is 11.9 Å². The lowest BCUT2D eigenvalue weighted by Crippen LogP contribution is -2.21. The van der Waals surface area contributed by atoms with Crippen LogP contribution in [0.3, 0.4) is 0 Å². The Balaban J connectivity index is 1.52. The third-order valence-corrected chi connectivity index (χ3v) is 6.37. The van der Waals surface area contributed by atoms with Gasteiger partial charge in [-0.15, -0.1) is 0 Å². The average molecular weight is 494 g/mol. The van der Waals surface area contributed by atoms with Crippen molar-refractivity contribution in [2.75, 3.05) is 0 Å². The van der Waals surface area contributed by atoms with E-state index in [1.54, 1.807) is 36.4 Å². The number of hydrogen-bond donors (Lipinski definition) is 2. The molecule has 5 aromatic rings. The van der Waals surface area contributed by atoms with Crippen LogP contribution in [0.2, 0.25) is 0 Å². The summed E-state index contributed by atoms with van der Waals surface area (Å²) in [7, 11) is 0. The van der Waals surface area contributed by atoms with Gasteiger partial charge in [-0.05, 0) is 24.3 Å². The summed E-state index contributed by atoms with van der Waals surface area (Å²) in [5, 5.41) is 19.7. The first-order valence-corrected chi connectivity index (χ1v) is 11.4. The van der Waals surface area contributed by atoms with E-state index >= 15 is 0 Å². The van der Waals surface area contributed by atoms with Crippen molar-refractivity contribution < 1.29 is 33.4 Å². The minimum absolute atomic E-state index is 0.0163. The summed E-state index contributed by atoms with van der Waals surface area (Å²) < 4.78 is 17.7. The van der Waals surface area contributed by atoms with Crippen LogP contribution in [-0.2, 0) is 4.79 Å². The Morgan fingerprint density at radius 2 is 1.57 bits per heavy atom. The van der Waals surface area contributed by atoms with Gasteiger partial charge in [0.15, 0.2) is 5.43 Å². The van der Waals surface area contributed by atoms with Gasteiger partial charge in [0.25, 0.3) is 0 Å². The van der Waals surface area contributed by atoms with Gasteiger partial charge < -0.3 is 23.8 Å². The largest absolute Gasteiger partial charge is 0.507 e. The van der Waals surface area contributed by atoms with E-state index in [1.807, 2.05) is 18.2 Å². The fourth-order valence-electron chi connectivity index (χ4n) is 4.62. The van der Waals surface area contributed by atoms with E-state index in [0.29, 0.717) is 34.0 Å². The highest BCUT2D eigenvalue weighted by Crippen LogP contribution is 2.46. The van der Waals surface area contributed by atoms with Gasteiger partial charge in [0.05, 0.1) is 17.9 Å². The molecule has 8 heteroatoms. The first kappa shape index (κ1) is 22.4. The minimum Gasteiger partial charge on any atom is -0.507 e. The molecule has 37 heavy (non-hydrogen) atoms.